The smallest absolute Gasteiger partial charge is 0.134 e. The summed E-state index contributed by atoms with van der Waals surface area (Å²) in [5, 5.41) is 3.96. The molecule has 1 aromatic heterocycles. The van der Waals surface area contributed by atoms with E-state index in [-0.39, 0.29) is 0 Å². The summed E-state index contributed by atoms with van der Waals surface area (Å²) < 4.78 is 0. The van der Waals surface area contributed by atoms with Crippen molar-refractivity contribution in [2.24, 2.45) is 0 Å². The van der Waals surface area contributed by atoms with Crippen LogP contribution in [-0.4, -0.2) is 16.0 Å². The molecule has 4 heteroatoms. The van der Waals surface area contributed by atoms with E-state index in [0.29, 0.717) is 11.2 Å². The zero-order valence-corrected chi connectivity index (χ0v) is 10.9. The van der Waals surface area contributed by atoms with Crippen LogP contribution >= 0.6 is 11.6 Å². The van der Waals surface area contributed by atoms with E-state index in [1.54, 1.807) is 6.07 Å². The molecule has 0 spiro atoms. The molecule has 3 nitrogen and oxygen atoms in total. The van der Waals surface area contributed by atoms with Crippen molar-refractivity contribution in [3.63, 3.8) is 0 Å². The van der Waals surface area contributed by atoms with Crippen LogP contribution in [0, 0.1) is 0 Å². The Bertz CT molecular complexity index is 404. The van der Waals surface area contributed by atoms with Gasteiger partial charge in [0.15, 0.2) is 0 Å². The highest BCUT2D eigenvalue weighted by atomic mass is 35.5. The molecule has 0 bridgehead atoms. The maximum atomic E-state index is 6.00. The summed E-state index contributed by atoms with van der Waals surface area (Å²) >= 11 is 6.00. The van der Waals surface area contributed by atoms with Crippen LogP contribution in [0.25, 0.3) is 0 Å². The van der Waals surface area contributed by atoms with Gasteiger partial charge in [-0.05, 0) is 25.7 Å². The number of rotatable bonds is 4. The first-order valence-corrected chi connectivity index (χ1v) is 6.60. The van der Waals surface area contributed by atoms with Crippen molar-refractivity contribution in [1.82, 2.24) is 9.97 Å². The van der Waals surface area contributed by atoms with E-state index in [0.717, 1.165) is 43.7 Å². The minimum Gasteiger partial charge on any atom is -0.367 e. The number of hydrogen-bond donors (Lipinski definition) is 1. The highest BCUT2D eigenvalue weighted by Gasteiger charge is 2.11. The predicted molar refractivity (Wildman–Crippen MR) is 71.4 cm³/mol. The summed E-state index contributed by atoms with van der Waals surface area (Å²) in [4.78, 5) is 8.70. The van der Waals surface area contributed by atoms with Crippen molar-refractivity contribution in [2.45, 2.75) is 45.1 Å². The minimum atomic E-state index is 0.473. The van der Waals surface area contributed by atoms with E-state index in [1.165, 1.54) is 0 Å². The summed E-state index contributed by atoms with van der Waals surface area (Å²) in [6, 6.07) is 2.28. The van der Waals surface area contributed by atoms with Crippen LogP contribution in [0.5, 0.6) is 0 Å². The molecule has 0 aliphatic heterocycles. The molecule has 0 saturated heterocycles. The second-order valence-electron chi connectivity index (χ2n) is 4.37. The number of aryl methyl sites for hydroxylation is 1. The van der Waals surface area contributed by atoms with Crippen LogP contribution in [0.15, 0.2) is 18.2 Å². The molecule has 2 rings (SSSR count). The third-order valence-electron chi connectivity index (χ3n) is 2.84. The van der Waals surface area contributed by atoms with Gasteiger partial charge in [-0.2, -0.15) is 0 Å². The zero-order chi connectivity index (χ0) is 12.1. The molecule has 0 saturated carbocycles. The lowest BCUT2D eigenvalue weighted by Crippen LogP contribution is -2.21. The van der Waals surface area contributed by atoms with Gasteiger partial charge in [0.2, 0.25) is 0 Å². The van der Waals surface area contributed by atoms with Gasteiger partial charge in [-0.25, -0.2) is 9.97 Å². The lowest BCUT2D eigenvalue weighted by atomic mass is 10.0. The Morgan fingerprint density at radius 1 is 1.41 bits per heavy atom. The lowest BCUT2D eigenvalue weighted by molar-refractivity contribution is 0.640. The number of nitrogens with one attached hydrogen (secondary N) is 1. The molecule has 1 unspecified atom stereocenters. The number of aromatic nitrogens is 2. The normalized spacial score (nSPS) is 19.3. The van der Waals surface area contributed by atoms with Gasteiger partial charge in [-0.1, -0.05) is 30.7 Å². The van der Waals surface area contributed by atoms with Gasteiger partial charge in [-0.15, -0.1) is 0 Å². The SMILES string of the molecule is CCCc1nc(Cl)cc(NC2CC=CCC2)n1. The fraction of sp³-hybridized carbons (Fsp3) is 0.538. The summed E-state index contributed by atoms with van der Waals surface area (Å²) in [6.45, 7) is 2.11. The van der Waals surface area contributed by atoms with Crippen molar-refractivity contribution in [3.8, 4) is 0 Å². The Hall–Kier alpha value is -1.09. The molecule has 0 amide bonds. The van der Waals surface area contributed by atoms with E-state index in [2.05, 4.69) is 34.4 Å². The highest BCUT2D eigenvalue weighted by Crippen LogP contribution is 2.18. The summed E-state index contributed by atoms with van der Waals surface area (Å²) in [6.07, 6.45) is 9.71. The first kappa shape index (κ1) is 12.4. The Morgan fingerprint density at radius 2 is 2.29 bits per heavy atom. The average Bonchev–Trinajstić information content (AvgIpc) is 2.30. The Labute approximate surface area is 107 Å². The third kappa shape index (κ3) is 3.70. The molecule has 1 aromatic rings. The van der Waals surface area contributed by atoms with Gasteiger partial charge in [-0.3, -0.25) is 0 Å². The molecule has 1 N–H and O–H groups in total. The van der Waals surface area contributed by atoms with E-state index >= 15 is 0 Å². The van der Waals surface area contributed by atoms with Crippen molar-refractivity contribution < 1.29 is 0 Å². The molecule has 1 aliphatic carbocycles. The molecule has 1 atom stereocenters. The number of anilines is 1. The topological polar surface area (TPSA) is 37.8 Å². The molecule has 1 aliphatic rings. The number of allylic oxidation sites excluding steroid dienone is 1. The van der Waals surface area contributed by atoms with Gasteiger partial charge in [0.25, 0.3) is 0 Å². The minimum absolute atomic E-state index is 0.473. The molecule has 1 heterocycles. The van der Waals surface area contributed by atoms with Gasteiger partial charge >= 0.3 is 0 Å². The van der Waals surface area contributed by atoms with E-state index in [9.17, 15) is 0 Å². The Balaban J connectivity index is 2.06. The van der Waals surface area contributed by atoms with Gasteiger partial charge in [0, 0.05) is 18.5 Å². The first-order chi connectivity index (χ1) is 8.28. The molecule has 0 radical (unpaired) electrons. The largest absolute Gasteiger partial charge is 0.367 e. The second-order valence-corrected chi connectivity index (χ2v) is 4.76. The highest BCUT2D eigenvalue weighted by molar-refractivity contribution is 6.29. The van der Waals surface area contributed by atoms with Crippen LogP contribution in [0.3, 0.4) is 0 Å². The van der Waals surface area contributed by atoms with E-state index in [4.69, 9.17) is 11.6 Å². The van der Waals surface area contributed by atoms with Gasteiger partial charge < -0.3 is 5.32 Å². The number of nitrogens with zero attached hydrogens (tertiary/aromatic N) is 2. The fourth-order valence-corrected chi connectivity index (χ4v) is 2.21. The second kappa shape index (κ2) is 6.01. The molecule has 0 aromatic carbocycles. The number of hydrogen-bond acceptors (Lipinski definition) is 3. The first-order valence-electron chi connectivity index (χ1n) is 6.23. The quantitative estimate of drug-likeness (QED) is 0.656. The molecule has 92 valence electrons. The van der Waals surface area contributed by atoms with Crippen LogP contribution in [0.1, 0.15) is 38.4 Å². The Kier molecular flexibility index (Phi) is 4.37. The summed E-state index contributed by atoms with van der Waals surface area (Å²) in [5.74, 6) is 1.68. The predicted octanol–water partition coefficient (Wildman–Crippen LogP) is 3.60. The van der Waals surface area contributed by atoms with Gasteiger partial charge in [0.1, 0.15) is 16.8 Å². The maximum absolute atomic E-state index is 6.00. The molecular formula is C13H18ClN3. The zero-order valence-electron chi connectivity index (χ0n) is 10.1. The maximum Gasteiger partial charge on any atom is 0.134 e. The van der Waals surface area contributed by atoms with Crippen molar-refractivity contribution in [1.29, 1.82) is 0 Å². The summed E-state index contributed by atoms with van der Waals surface area (Å²) in [7, 11) is 0. The van der Waals surface area contributed by atoms with Crippen LogP contribution < -0.4 is 5.32 Å². The van der Waals surface area contributed by atoms with Crippen molar-refractivity contribution in [2.75, 3.05) is 5.32 Å². The van der Waals surface area contributed by atoms with E-state index < -0.39 is 0 Å². The van der Waals surface area contributed by atoms with Crippen molar-refractivity contribution >= 4 is 17.4 Å². The van der Waals surface area contributed by atoms with Crippen LogP contribution in [-0.2, 0) is 6.42 Å². The fourth-order valence-electron chi connectivity index (χ4n) is 2.01. The van der Waals surface area contributed by atoms with Crippen LogP contribution in [0.4, 0.5) is 5.82 Å². The van der Waals surface area contributed by atoms with E-state index in [1.807, 2.05) is 0 Å². The van der Waals surface area contributed by atoms with Crippen molar-refractivity contribution in [3.05, 3.63) is 29.2 Å². The van der Waals surface area contributed by atoms with Crippen LogP contribution in [0.2, 0.25) is 5.15 Å². The Morgan fingerprint density at radius 3 is 3.00 bits per heavy atom. The standard InChI is InChI=1S/C13H18ClN3/c1-2-6-12-16-11(14)9-13(17-12)15-10-7-4-3-5-8-10/h3-4,9-10H,2,5-8H2,1H3,(H,15,16,17). The monoisotopic (exact) mass is 251 g/mol. The molecule has 0 fully saturated rings. The molecule has 17 heavy (non-hydrogen) atoms. The third-order valence-corrected chi connectivity index (χ3v) is 3.03. The number of halogens is 1. The van der Waals surface area contributed by atoms with Gasteiger partial charge in [0.05, 0.1) is 0 Å². The summed E-state index contributed by atoms with van der Waals surface area (Å²) in [5.41, 5.74) is 0. The lowest BCUT2D eigenvalue weighted by Gasteiger charge is -2.20. The molecular weight excluding hydrogens is 234 g/mol. The average molecular weight is 252 g/mol.